The molecule has 1 unspecified atom stereocenters. The van der Waals surface area contributed by atoms with Crippen LogP contribution in [0.1, 0.15) is 12.0 Å². The van der Waals surface area contributed by atoms with Crippen molar-refractivity contribution < 1.29 is 38.6 Å². The van der Waals surface area contributed by atoms with Crippen molar-refractivity contribution in [2.45, 2.75) is 19.1 Å². The van der Waals surface area contributed by atoms with E-state index in [9.17, 15) is 29.1 Å². The summed E-state index contributed by atoms with van der Waals surface area (Å²) in [6.45, 7) is -0.573. The second-order valence-electron chi connectivity index (χ2n) is 9.33. The number of aromatic amines is 1. The molecular weight excluding hydrogens is 550 g/mol. The number of carbonyl (C=O) groups excluding carboxylic acids is 4. The van der Waals surface area contributed by atoms with Crippen LogP contribution in [-0.2, 0) is 25.7 Å². The lowest BCUT2D eigenvalue weighted by Crippen LogP contribution is -2.50. The van der Waals surface area contributed by atoms with Crippen molar-refractivity contribution in [3.05, 3.63) is 54.1 Å². The number of anilines is 1. The Morgan fingerprint density at radius 3 is 2.67 bits per heavy atom. The van der Waals surface area contributed by atoms with Crippen LogP contribution in [-0.4, -0.2) is 101 Å². The number of imide groups is 1. The van der Waals surface area contributed by atoms with Crippen molar-refractivity contribution in [2.24, 2.45) is 0 Å². The van der Waals surface area contributed by atoms with Crippen molar-refractivity contribution >= 4 is 46.9 Å². The maximum atomic E-state index is 12.7. The van der Waals surface area contributed by atoms with Crippen LogP contribution >= 0.6 is 0 Å². The Bertz CT molecular complexity index is 1440. The van der Waals surface area contributed by atoms with Gasteiger partial charge in [-0.05, 0) is 24.1 Å². The first-order valence-corrected chi connectivity index (χ1v) is 13.1. The van der Waals surface area contributed by atoms with Crippen LogP contribution in [0.2, 0.25) is 0 Å². The zero-order valence-corrected chi connectivity index (χ0v) is 22.8. The number of aromatic nitrogens is 2. The van der Waals surface area contributed by atoms with E-state index in [0.29, 0.717) is 30.2 Å². The van der Waals surface area contributed by atoms with Crippen LogP contribution in [0.25, 0.3) is 11.0 Å². The van der Waals surface area contributed by atoms with Gasteiger partial charge in [-0.3, -0.25) is 14.5 Å². The second kappa shape index (κ2) is 13.8. The van der Waals surface area contributed by atoms with Gasteiger partial charge in [0.15, 0.2) is 0 Å². The first kappa shape index (κ1) is 29.6. The standard InChI is InChI=1S/C27H31N7O8/c1-41-18-8-9-19-20(12-18)31-25(30-19)28-10-5-11-33-15-23(36)34(27(33)40)14-22(35)29-13-21(24(37)38)32-26(39)42-16-17-6-3-2-4-7-17/h2-4,6-9,12,21H,5,10-11,13-16H2,1H3,(H,29,35)(H,32,39)(H,37,38)(H2,28,30,31). The predicted molar refractivity (Wildman–Crippen MR) is 149 cm³/mol. The highest BCUT2D eigenvalue weighted by molar-refractivity contribution is 6.04. The van der Waals surface area contributed by atoms with E-state index in [1.54, 1.807) is 43.5 Å². The third-order valence-electron chi connectivity index (χ3n) is 6.32. The van der Waals surface area contributed by atoms with E-state index in [0.717, 1.165) is 15.9 Å². The molecule has 0 bridgehead atoms. The lowest BCUT2D eigenvalue weighted by molar-refractivity contribution is -0.139. The van der Waals surface area contributed by atoms with Gasteiger partial charge in [-0.25, -0.2) is 19.4 Å². The number of amides is 5. The van der Waals surface area contributed by atoms with Crippen molar-refractivity contribution in [3.63, 3.8) is 0 Å². The molecule has 15 nitrogen and oxygen atoms in total. The van der Waals surface area contributed by atoms with Gasteiger partial charge in [0.2, 0.25) is 11.9 Å². The number of carboxylic acids is 1. The molecule has 15 heteroatoms. The van der Waals surface area contributed by atoms with Crippen LogP contribution in [0.3, 0.4) is 0 Å². The summed E-state index contributed by atoms with van der Waals surface area (Å²) in [7, 11) is 1.58. The van der Waals surface area contributed by atoms with Crippen LogP contribution in [0.4, 0.5) is 15.5 Å². The summed E-state index contributed by atoms with van der Waals surface area (Å²) in [5.41, 5.74) is 2.28. The zero-order valence-electron chi connectivity index (χ0n) is 22.8. The number of H-pyrrole nitrogens is 1. The molecule has 4 rings (SSSR count). The highest BCUT2D eigenvalue weighted by Crippen LogP contribution is 2.20. The number of fused-ring (bicyclic) bond motifs is 1. The molecule has 1 saturated heterocycles. The predicted octanol–water partition coefficient (Wildman–Crippen LogP) is 1.13. The number of alkyl carbamates (subject to hydrolysis) is 1. The van der Waals surface area contributed by atoms with Crippen molar-refractivity contribution in [1.82, 2.24) is 30.4 Å². The number of hydrogen-bond acceptors (Lipinski definition) is 9. The average Bonchev–Trinajstić information content (AvgIpc) is 3.51. The lowest BCUT2D eigenvalue weighted by atomic mass is 10.2. The summed E-state index contributed by atoms with van der Waals surface area (Å²) in [6, 6.07) is 12.2. The fourth-order valence-electron chi connectivity index (χ4n) is 4.12. The number of imidazole rings is 1. The number of nitrogens with zero attached hydrogens (tertiary/aromatic N) is 3. The van der Waals surface area contributed by atoms with E-state index < -0.39 is 49.0 Å². The minimum absolute atomic E-state index is 0.0628. The molecule has 5 amide bonds. The van der Waals surface area contributed by atoms with E-state index in [-0.39, 0.29) is 19.7 Å². The maximum absolute atomic E-state index is 12.7. The Hall–Kier alpha value is -5.34. The highest BCUT2D eigenvalue weighted by atomic mass is 16.5. The molecule has 1 fully saturated rings. The fourth-order valence-corrected chi connectivity index (χ4v) is 4.12. The number of rotatable bonds is 14. The largest absolute Gasteiger partial charge is 0.497 e. The van der Waals surface area contributed by atoms with Crippen molar-refractivity contribution in [3.8, 4) is 5.75 Å². The van der Waals surface area contributed by atoms with Crippen LogP contribution in [0, 0.1) is 0 Å². The Kier molecular flexibility index (Phi) is 9.76. The number of benzene rings is 2. The van der Waals surface area contributed by atoms with E-state index in [1.807, 2.05) is 12.1 Å². The summed E-state index contributed by atoms with van der Waals surface area (Å²) in [4.78, 5) is 70.7. The molecule has 1 aromatic heterocycles. The van der Waals surface area contributed by atoms with Gasteiger partial charge in [0.1, 0.15) is 31.5 Å². The molecule has 0 spiro atoms. The summed E-state index contributed by atoms with van der Waals surface area (Å²) >= 11 is 0. The molecular formula is C27H31N7O8. The first-order chi connectivity index (χ1) is 20.2. The topological polar surface area (TPSA) is 195 Å². The number of hydrogen-bond donors (Lipinski definition) is 5. The molecule has 2 aromatic carbocycles. The summed E-state index contributed by atoms with van der Waals surface area (Å²) < 4.78 is 10.2. The second-order valence-corrected chi connectivity index (χ2v) is 9.33. The van der Waals surface area contributed by atoms with Gasteiger partial charge in [-0.2, -0.15) is 0 Å². The number of aliphatic carboxylic acids is 1. The van der Waals surface area contributed by atoms with Gasteiger partial charge in [0.05, 0.1) is 18.1 Å². The van der Waals surface area contributed by atoms with E-state index >= 15 is 0 Å². The molecule has 0 aliphatic carbocycles. The quantitative estimate of drug-likeness (QED) is 0.136. The van der Waals surface area contributed by atoms with Gasteiger partial charge in [-0.1, -0.05) is 30.3 Å². The molecule has 222 valence electrons. The van der Waals surface area contributed by atoms with E-state index in [1.165, 1.54) is 4.90 Å². The number of ether oxygens (including phenoxy) is 2. The number of nitrogens with one attached hydrogen (secondary N) is 4. The fraction of sp³-hybridized carbons (Fsp3) is 0.333. The van der Waals surface area contributed by atoms with E-state index in [4.69, 9.17) is 9.47 Å². The molecule has 0 radical (unpaired) electrons. The maximum Gasteiger partial charge on any atom is 0.408 e. The molecule has 5 N–H and O–H groups in total. The van der Waals surface area contributed by atoms with Gasteiger partial charge < -0.3 is 40.4 Å². The van der Waals surface area contributed by atoms with Gasteiger partial charge in [-0.15, -0.1) is 0 Å². The molecule has 1 atom stereocenters. The van der Waals surface area contributed by atoms with Gasteiger partial charge in [0.25, 0.3) is 5.91 Å². The van der Waals surface area contributed by atoms with Crippen LogP contribution in [0.5, 0.6) is 5.75 Å². The molecule has 2 heterocycles. The highest BCUT2D eigenvalue weighted by Gasteiger charge is 2.36. The van der Waals surface area contributed by atoms with E-state index in [2.05, 4.69) is 25.9 Å². The molecule has 0 saturated carbocycles. The SMILES string of the molecule is COc1ccc2nc(NCCCN3CC(=O)N(CC(=O)NCC(NC(=O)OCc4ccccc4)C(=O)O)C3=O)[nH]c2c1. The minimum atomic E-state index is -1.49. The lowest BCUT2D eigenvalue weighted by Gasteiger charge is -2.18. The normalized spacial score (nSPS) is 13.6. The van der Waals surface area contributed by atoms with Gasteiger partial charge in [0, 0.05) is 25.7 Å². The van der Waals surface area contributed by atoms with Crippen LogP contribution in [0.15, 0.2) is 48.5 Å². The monoisotopic (exact) mass is 581 g/mol. The number of carbonyl (C=O) groups is 5. The first-order valence-electron chi connectivity index (χ1n) is 13.1. The summed E-state index contributed by atoms with van der Waals surface area (Å²) in [5.74, 6) is -1.45. The minimum Gasteiger partial charge on any atom is -0.497 e. The summed E-state index contributed by atoms with van der Waals surface area (Å²) in [6.07, 6.45) is -0.470. The van der Waals surface area contributed by atoms with Crippen molar-refractivity contribution in [1.29, 1.82) is 0 Å². The Morgan fingerprint density at radius 2 is 1.93 bits per heavy atom. The smallest absolute Gasteiger partial charge is 0.408 e. The third kappa shape index (κ3) is 7.87. The Balaban J connectivity index is 1.17. The molecule has 1 aliphatic rings. The number of methoxy groups -OCH3 is 1. The van der Waals surface area contributed by atoms with Gasteiger partial charge >= 0.3 is 18.1 Å². The molecule has 42 heavy (non-hydrogen) atoms. The third-order valence-corrected chi connectivity index (χ3v) is 6.32. The zero-order chi connectivity index (χ0) is 30.1. The number of carboxylic acid groups (broad SMARTS) is 1. The van der Waals surface area contributed by atoms with Crippen molar-refractivity contribution in [2.75, 3.05) is 45.2 Å². The molecule has 1 aliphatic heterocycles. The molecule has 3 aromatic rings. The average molecular weight is 582 g/mol. The summed E-state index contributed by atoms with van der Waals surface area (Å²) in [5, 5.41) is 17.0. The Morgan fingerprint density at radius 1 is 1.14 bits per heavy atom. The van der Waals surface area contributed by atoms with Crippen LogP contribution < -0.4 is 20.7 Å². The Labute approximate surface area is 240 Å². The number of urea groups is 1.